The number of benzene rings is 2. The normalized spacial score (nSPS) is 22.2. The van der Waals surface area contributed by atoms with E-state index in [-0.39, 0.29) is 6.10 Å². The third kappa shape index (κ3) is 3.30. The molecule has 0 bridgehead atoms. The molecule has 2 unspecified atom stereocenters. The number of rotatable bonds is 3. The summed E-state index contributed by atoms with van der Waals surface area (Å²) in [5.74, 6) is 1.22. The van der Waals surface area contributed by atoms with Gasteiger partial charge in [0.05, 0.1) is 6.10 Å². The zero-order valence-corrected chi connectivity index (χ0v) is 13.6. The van der Waals surface area contributed by atoms with Crippen LogP contribution in [0.2, 0.25) is 0 Å². The van der Waals surface area contributed by atoms with Crippen molar-refractivity contribution in [2.75, 3.05) is 0 Å². The topological polar surface area (TPSA) is 29.5 Å². The SMILES string of the molecule is CC(CC1C[C@H](O)c2cc(Br)ccc2O1)c1ccccc1. The minimum atomic E-state index is -0.445. The maximum absolute atomic E-state index is 10.3. The molecule has 2 aromatic carbocycles. The quantitative estimate of drug-likeness (QED) is 0.862. The van der Waals surface area contributed by atoms with E-state index in [9.17, 15) is 5.11 Å². The van der Waals surface area contributed by atoms with Crippen molar-refractivity contribution in [3.05, 3.63) is 64.1 Å². The Morgan fingerprint density at radius 1 is 1.24 bits per heavy atom. The highest BCUT2D eigenvalue weighted by Gasteiger charge is 2.28. The number of halogens is 1. The summed E-state index contributed by atoms with van der Waals surface area (Å²) in [5.41, 5.74) is 2.20. The highest BCUT2D eigenvalue weighted by atomic mass is 79.9. The Morgan fingerprint density at radius 3 is 2.76 bits per heavy atom. The molecule has 21 heavy (non-hydrogen) atoms. The molecule has 0 saturated heterocycles. The summed E-state index contributed by atoms with van der Waals surface area (Å²) in [7, 11) is 0. The first kappa shape index (κ1) is 14.6. The number of aliphatic hydroxyl groups excluding tert-OH is 1. The van der Waals surface area contributed by atoms with Gasteiger partial charge in [-0.3, -0.25) is 0 Å². The summed E-state index contributed by atoms with van der Waals surface area (Å²) < 4.78 is 7.04. The van der Waals surface area contributed by atoms with Crippen molar-refractivity contribution in [2.24, 2.45) is 0 Å². The van der Waals surface area contributed by atoms with Gasteiger partial charge in [0, 0.05) is 16.5 Å². The van der Waals surface area contributed by atoms with Crippen LogP contribution in [0, 0.1) is 0 Å². The second-order valence-electron chi connectivity index (χ2n) is 5.72. The lowest BCUT2D eigenvalue weighted by Gasteiger charge is -2.31. The van der Waals surface area contributed by atoms with Gasteiger partial charge in [-0.15, -0.1) is 0 Å². The number of fused-ring (bicyclic) bond motifs is 1. The van der Waals surface area contributed by atoms with E-state index in [0.29, 0.717) is 12.3 Å². The molecule has 0 spiro atoms. The first-order valence-corrected chi connectivity index (χ1v) is 8.12. The summed E-state index contributed by atoms with van der Waals surface area (Å²) in [5, 5.41) is 10.3. The number of hydrogen-bond acceptors (Lipinski definition) is 2. The second-order valence-corrected chi connectivity index (χ2v) is 6.64. The smallest absolute Gasteiger partial charge is 0.125 e. The average Bonchev–Trinajstić information content (AvgIpc) is 2.49. The molecule has 1 heterocycles. The van der Waals surface area contributed by atoms with Crippen molar-refractivity contribution >= 4 is 15.9 Å². The lowest BCUT2D eigenvalue weighted by molar-refractivity contribution is 0.0589. The fraction of sp³-hybridized carbons (Fsp3) is 0.333. The standard InChI is InChI=1S/C18H19BrO2/c1-12(13-5-3-2-4-6-13)9-15-11-17(20)16-10-14(19)7-8-18(16)21-15/h2-8,10,12,15,17,20H,9,11H2,1H3/t12?,15?,17-/m0/s1. The van der Waals surface area contributed by atoms with Crippen LogP contribution in [-0.2, 0) is 0 Å². The molecule has 0 amide bonds. The molecule has 0 aliphatic carbocycles. The van der Waals surface area contributed by atoms with Crippen molar-refractivity contribution < 1.29 is 9.84 Å². The Kier molecular flexibility index (Phi) is 4.32. The number of hydrogen-bond donors (Lipinski definition) is 1. The molecule has 0 aromatic heterocycles. The molecule has 0 radical (unpaired) electrons. The molecule has 1 aliphatic heterocycles. The molecule has 2 aromatic rings. The fourth-order valence-corrected chi connectivity index (χ4v) is 3.33. The summed E-state index contributed by atoms with van der Waals surface area (Å²) in [6.45, 7) is 2.21. The summed E-state index contributed by atoms with van der Waals surface area (Å²) in [6, 6.07) is 16.3. The molecule has 3 rings (SSSR count). The first-order valence-electron chi connectivity index (χ1n) is 7.32. The predicted molar refractivity (Wildman–Crippen MR) is 87.6 cm³/mol. The molecule has 3 heteroatoms. The second kappa shape index (κ2) is 6.20. The van der Waals surface area contributed by atoms with Gasteiger partial charge in [0.1, 0.15) is 11.9 Å². The Bertz CT molecular complexity index is 612. The van der Waals surface area contributed by atoms with Crippen LogP contribution in [0.5, 0.6) is 5.75 Å². The summed E-state index contributed by atoms with van der Waals surface area (Å²) >= 11 is 3.44. The van der Waals surface area contributed by atoms with E-state index < -0.39 is 6.10 Å². The van der Waals surface area contributed by atoms with Crippen molar-refractivity contribution in [3.8, 4) is 5.75 Å². The van der Waals surface area contributed by atoms with Gasteiger partial charge in [-0.2, -0.15) is 0 Å². The summed E-state index contributed by atoms with van der Waals surface area (Å²) in [4.78, 5) is 0. The number of aliphatic hydroxyl groups is 1. The Hall–Kier alpha value is -1.32. The van der Waals surface area contributed by atoms with Gasteiger partial charge in [-0.25, -0.2) is 0 Å². The summed E-state index contributed by atoms with van der Waals surface area (Å²) in [6.07, 6.45) is 1.18. The predicted octanol–water partition coefficient (Wildman–Crippen LogP) is 4.83. The van der Waals surface area contributed by atoms with Crippen LogP contribution in [-0.4, -0.2) is 11.2 Å². The first-order chi connectivity index (χ1) is 10.1. The molecule has 0 saturated carbocycles. The van der Waals surface area contributed by atoms with E-state index >= 15 is 0 Å². The van der Waals surface area contributed by atoms with E-state index in [1.807, 2.05) is 24.3 Å². The number of ether oxygens (including phenoxy) is 1. The third-order valence-electron chi connectivity index (χ3n) is 4.10. The minimum Gasteiger partial charge on any atom is -0.490 e. The fourth-order valence-electron chi connectivity index (χ4n) is 2.95. The van der Waals surface area contributed by atoms with Crippen LogP contribution in [0.4, 0.5) is 0 Å². The molecule has 2 nitrogen and oxygen atoms in total. The van der Waals surface area contributed by atoms with Gasteiger partial charge in [0.2, 0.25) is 0 Å². The zero-order valence-electron chi connectivity index (χ0n) is 12.0. The van der Waals surface area contributed by atoms with Crippen LogP contribution in [0.1, 0.15) is 42.9 Å². The van der Waals surface area contributed by atoms with Crippen molar-refractivity contribution in [1.29, 1.82) is 0 Å². The largest absolute Gasteiger partial charge is 0.490 e. The lowest BCUT2D eigenvalue weighted by Crippen LogP contribution is -2.27. The maximum atomic E-state index is 10.3. The highest BCUT2D eigenvalue weighted by Crippen LogP contribution is 2.38. The van der Waals surface area contributed by atoms with Crippen LogP contribution in [0.15, 0.2) is 53.0 Å². The maximum Gasteiger partial charge on any atom is 0.125 e. The van der Waals surface area contributed by atoms with Gasteiger partial charge >= 0.3 is 0 Å². The van der Waals surface area contributed by atoms with Crippen LogP contribution in [0.3, 0.4) is 0 Å². The van der Waals surface area contributed by atoms with E-state index in [4.69, 9.17) is 4.74 Å². The Morgan fingerprint density at radius 2 is 2.00 bits per heavy atom. The van der Waals surface area contributed by atoms with Crippen LogP contribution >= 0.6 is 15.9 Å². The minimum absolute atomic E-state index is 0.0591. The van der Waals surface area contributed by atoms with Crippen LogP contribution < -0.4 is 4.74 Å². The monoisotopic (exact) mass is 346 g/mol. The van der Waals surface area contributed by atoms with Gasteiger partial charge < -0.3 is 9.84 Å². The van der Waals surface area contributed by atoms with E-state index in [2.05, 4.69) is 47.1 Å². The van der Waals surface area contributed by atoms with E-state index in [1.165, 1.54) is 5.56 Å². The average molecular weight is 347 g/mol. The van der Waals surface area contributed by atoms with E-state index in [1.54, 1.807) is 0 Å². The zero-order chi connectivity index (χ0) is 14.8. The van der Waals surface area contributed by atoms with Crippen molar-refractivity contribution in [3.63, 3.8) is 0 Å². The molecule has 0 fully saturated rings. The highest BCUT2D eigenvalue weighted by molar-refractivity contribution is 9.10. The van der Waals surface area contributed by atoms with Crippen molar-refractivity contribution in [1.82, 2.24) is 0 Å². The van der Waals surface area contributed by atoms with Gasteiger partial charge in [0.25, 0.3) is 0 Å². The van der Waals surface area contributed by atoms with E-state index in [0.717, 1.165) is 22.2 Å². The molecular formula is C18H19BrO2. The van der Waals surface area contributed by atoms with Gasteiger partial charge in [0.15, 0.2) is 0 Å². The van der Waals surface area contributed by atoms with Crippen LogP contribution in [0.25, 0.3) is 0 Å². The van der Waals surface area contributed by atoms with Crippen molar-refractivity contribution in [2.45, 2.75) is 37.9 Å². The Labute approximate surface area is 133 Å². The lowest BCUT2D eigenvalue weighted by atomic mass is 9.90. The van der Waals surface area contributed by atoms with Gasteiger partial charge in [-0.05, 0) is 36.1 Å². The molecule has 3 atom stereocenters. The molecule has 1 aliphatic rings. The third-order valence-corrected chi connectivity index (χ3v) is 4.59. The molecule has 1 N–H and O–H groups in total. The molecular weight excluding hydrogens is 328 g/mol. The molecule has 110 valence electrons. The van der Waals surface area contributed by atoms with Gasteiger partial charge in [-0.1, -0.05) is 53.2 Å². The Balaban J connectivity index is 1.73.